The van der Waals surface area contributed by atoms with Gasteiger partial charge in [0.05, 0.1) is 30.9 Å². The van der Waals surface area contributed by atoms with Crippen LogP contribution in [0.5, 0.6) is 11.5 Å². The van der Waals surface area contributed by atoms with Crippen LogP contribution in [-0.4, -0.2) is 25.0 Å². The Kier molecular flexibility index (Phi) is 6.75. The van der Waals surface area contributed by atoms with Gasteiger partial charge in [-0.25, -0.2) is 0 Å². The molecule has 0 fully saturated rings. The Labute approximate surface area is 175 Å². The van der Waals surface area contributed by atoms with Crippen LogP contribution in [-0.2, 0) is 0 Å². The number of benzene rings is 2. The van der Waals surface area contributed by atoms with E-state index in [2.05, 4.69) is 10.6 Å². The van der Waals surface area contributed by atoms with Gasteiger partial charge in [0.1, 0.15) is 11.5 Å². The smallest absolute Gasteiger partial charge is 0.291 e. The van der Waals surface area contributed by atoms with Crippen LogP contribution in [0.3, 0.4) is 0 Å². The highest BCUT2D eigenvalue weighted by molar-refractivity contribution is 6.07. The Balaban J connectivity index is 1.94. The number of hydrogen-bond acceptors (Lipinski definition) is 5. The predicted molar refractivity (Wildman–Crippen MR) is 115 cm³/mol. The number of ether oxygens (including phenoxy) is 2. The van der Waals surface area contributed by atoms with Gasteiger partial charge in [-0.15, -0.1) is 0 Å². The molecule has 0 saturated heterocycles. The van der Waals surface area contributed by atoms with E-state index in [0.29, 0.717) is 41.7 Å². The average molecular weight is 408 g/mol. The van der Waals surface area contributed by atoms with Crippen LogP contribution >= 0.6 is 0 Å². The molecule has 2 aromatic carbocycles. The largest absolute Gasteiger partial charge is 0.492 e. The van der Waals surface area contributed by atoms with E-state index in [0.717, 1.165) is 5.56 Å². The maximum Gasteiger partial charge on any atom is 0.291 e. The van der Waals surface area contributed by atoms with Gasteiger partial charge in [0.2, 0.25) is 0 Å². The molecule has 0 spiro atoms. The van der Waals surface area contributed by atoms with E-state index in [4.69, 9.17) is 13.9 Å². The van der Waals surface area contributed by atoms with Gasteiger partial charge in [-0.05, 0) is 44.5 Å². The third-order valence-electron chi connectivity index (χ3n) is 4.31. The lowest BCUT2D eigenvalue weighted by atomic mass is 10.1. The average Bonchev–Trinajstić information content (AvgIpc) is 3.26. The molecule has 156 valence electrons. The van der Waals surface area contributed by atoms with Crippen molar-refractivity contribution in [3.63, 3.8) is 0 Å². The van der Waals surface area contributed by atoms with Crippen molar-refractivity contribution in [1.29, 1.82) is 0 Å². The van der Waals surface area contributed by atoms with Crippen molar-refractivity contribution in [2.24, 2.45) is 0 Å². The molecular weight excluding hydrogens is 384 g/mol. The number of amides is 2. The van der Waals surface area contributed by atoms with Gasteiger partial charge in [-0.3, -0.25) is 9.59 Å². The molecule has 3 rings (SSSR count). The molecule has 0 unspecified atom stereocenters. The summed E-state index contributed by atoms with van der Waals surface area (Å²) in [7, 11) is 0. The first-order chi connectivity index (χ1) is 14.5. The van der Waals surface area contributed by atoms with E-state index >= 15 is 0 Å². The van der Waals surface area contributed by atoms with Gasteiger partial charge in [-0.2, -0.15) is 0 Å². The summed E-state index contributed by atoms with van der Waals surface area (Å²) < 4.78 is 16.5. The van der Waals surface area contributed by atoms with Crippen molar-refractivity contribution < 1.29 is 23.5 Å². The summed E-state index contributed by atoms with van der Waals surface area (Å²) in [6.07, 6.45) is 1.42. The molecule has 0 saturated carbocycles. The quantitative estimate of drug-likeness (QED) is 0.554. The van der Waals surface area contributed by atoms with Crippen LogP contribution in [0.4, 0.5) is 11.4 Å². The molecule has 1 aromatic heterocycles. The van der Waals surface area contributed by atoms with E-state index in [1.165, 1.54) is 6.26 Å². The monoisotopic (exact) mass is 408 g/mol. The second kappa shape index (κ2) is 9.65. The van der Waals surface area contributed by atoms with Crippen molar-refractivity contribution in [2.75, 3.05) is 23.8 Å². The summed E-state index contributed by atoms with van der Waals surface area (Å²) in [5, 5.41) is 5.65. The molecule has 3 aromatic rings. The fourth-order valence-electron chi connectivity index (χ4n) is 2.91. The molecule has 7 heteroatoms. The van der Waals surface area contributed by atoms with E-state index in [-0.39, 0.29) is 11.7 Å². The number of aryl methyl sites for hydroxylation is 1. The lowest BCUT2D eigenvalue weighted by Crippen LogP contribution is -2.16. The Morgan fingerprint density at radius 1 is 0.867 bits per heavy atom. The second-order valence-corrected chi connectivity index (χ2v) is 6.41. The minimum atomic E-state index is -0.417. The van der Waals surface area contributed by atoms with Crippen molar-refractivity contribution in [3.8, 4) is 11.5 Å². The number of nitrogens with one attached hydrogen (secondary N) is 2. The normalized spacial score (nSPS) is 10.4. The predicted octanol–water partition coefficient (Wildman–Crippen LogP) is 4.89. The zero-order valence-electron chi connectivity index (χ0n) is 17.2. The van der Waals surface area contributed by atoms with Gasteiger partial charge in [0.25, 0.3) is 11.8 Å². The molecule has 0 aliphatic rings. The topological polar surface area (TPSA) is 89.8 Å². The number of carbonyl (C=O) groups excluding carboxylic acids is 2. The van der Waals surface area contributed by atoms with Gasteiger partial charge >= 0.3 is 0 Å². The fourth-order valence-corrected chi connectivity index (χ4v) is 2.91. The van der Waals surface area contributed by atoms with Crippen molar-refractivity contribution >= 4 is 23.2 Å². The summed E-state index contributed by atoms with van der Waals surface area (Å²) >= 11 is 0. The van der Waals surface area contributed by atoms with Crippen LogP contribution in [0.25, 0.3) is 0 Å². The molecule has 0 radical (unpaired) electrons. The standard InChI is InChI=1S/C23H24N2O5/c1-4-28-20-14-18(25-23(27)19-11-8-12-30-19)21(29-5-2)13-17(20)24-22(26)16-10-7-6-9-15(16)3/h6-14H,4-5H2,1-3H3,(H,24,26)(H,25,27). The van der Waals surface area contributed by atoms with Crippen LogP contribution < -0.4 is 20.1 Å². The van der Waals surface area contributed by atoms with Crippen molar-refractivity contribution in [2.45, 2.75) is 20.8 Å². The van der Waals surface area contributed by atoms with E-state index in [1.54, 1.807) is 30.3 Å². The zero-order valence-corrected chi connectivity index (χ0v) is 17.2. The fraction of sp³-hybridized carbons (Fsp3) is 0.217. The first-order valence-electron chi connectivity index (χ1n) is 9.69. The Morgan fingerprint density at radius 2 is 1.47 bits per heavy atom. The molecule has 7 nitrogen and oxygen atoms in total. The number of furan rings is 1. The number of rotatable bonds is 8. The maximum atomic E-state index is 12.8. The molecule has 2 N–H and O–H groups in total. The zero-order chi connectivity index (χ0) is 21.5. The van der Waals surface area contributed by atoms with Crippen molar-refractivity contribution in [3.05, 3.63) is 71.7 Å². The van der Waals surface area contributed by atoms with Gasteiger partial charge in [0.15, 0.2) is 5.76 Å². The van der Waals surface area contributed by atoms with E-state index in [1.807, 2.05) is 39.0 Å². The Morgan fingerprint density at radius 3 is 2.00 bits per heavy atom. The molecule has 0 aliphatic carbocycles. The van der Waals surface area contributed by atoms with Gasteiger partial charge in [-0.1, -0.05) is 18.2 Å². The van der Waals surface area contributed by atoms with Crippen LogP contribution in [0.1, 0.15) is 40.3 Å². The summed E-state index contributed by atoms with van der Waals surface area (Å²) in [5.74, 6) is 0.315. The Hall–Kier alpha value is -3.74. The maximum absolute atomic E-state index is 12.8. The molecule has 0 atom stereocenters. The number of anilines is 2. The second-order valence-electron chi connectivity index (χ2n) is 6.41. The highest BCUT2D eigenvalue weighted by Crippen LogP contribution is 2.37. The number of hydrogen-bond donors (Lipinski definition) is 2. The first kappa shape index (κ1) is 21.0. The third-order valence-corrected chi connectivity index (χ3v) is 4.31. The lowest BCUT2D eigenvalue weighted by Gasteiger charge is -2.18. The highest BCUT2D eigenvalue weighted by Gasteiger charge is 2.18. The molecule has 30 heavy (non-hydrogen) atoms. The highest BCUT2D eigenvalue weighted by atomic mass is 16.5. The summed E-state index contributed by atoms with van der Waals surface area (Å²) in [4.78, 5) is 25.2. The summed E-state index contributed by atoms with van der Waals surface area (Å²) in [5.41, 5.74) is 2.29. The van der Waals surface area contributed by atoms with Crippen LogP contribution in [0, 0.1) is 6.92 Å². The minimum Gasteiger partial charge on any atom is -0.492 e. The van der Waals surface area contributed by atoms with E-state index < -0.39 is 5.91 Å². The first-order valence-corrected chi connectivity index (χ1v) is 9.69. The third kappa shape index (κ3) is 4.81. The number of carbonyl (C=O) groups is 2. The van der Waals surface area contributed by atoms with Crippen LogP contribution in [0.15, 0.2) is 59.2 Å². The van der Waals surface area contributed by atoms with Crippen molar-refractivity contribution in [1.82, 2.24) is 0 Å². The summed E-state index contributed by atoms with van der Waals surface area (Å²) in [6.45, 7) is 6.30. The molecular formula is C23H24N2O5. The Bertz CT molecular complexity index is 1030. The van der Waals surface area contributed by atoms with Crippen LogP contribution in [0.2, 0.25) is 0 Å². The molecule has 1 heterocycles. The van der Waals surface area contributed by atoms with E-state index in [9.17, 15) is 9.59 Å². The minimum absolute atomic E-state index is 0.173. The lowest BCUT2D eigenvalue weighted by molar-refractivity contribution is 0.0993. The molecule has 0 bridgehead atoms. The summed E-state index contributed by atoms with van der Waals surface area (Å²) in [6, 6.07) is 13.8. The van der Waals surface area contributed by atoms with Gasteiger partial charge < -0.3 is 24.5 Å². The van der Waals surface area contributed by atoms with Gasteiger partial charge in [0, 0.05) is 17.7 Å². The SMILES string of the molecule is CCOc1cc(NC(=O)c2ccccc2C)c(OCC)cc1NC(=O)c1ccco1. The molecule has 2 amide bonds. The molecule has 0 aliphatic heterocycles.